The maximum Gasteiger partial charge on any atom is 0.164 e. The highest BCUT2D eigenvalue weighted by atomic mass is 16.3. The molecule has 3 heterocycles. The Hall–Kier alpha value is -6.07. The van der Waals surface area contributed by atoms with E-state index in [-0.39, 0.29) is 17.6 Å². The molecule has 0 N–H and O–H groups in total. The minimum absolute atomic E-state index is 0.0754. The SMILES string of the molecule is [2H]c1c([2H])c([2H])c(-c2cccc3c2oc2cccc(-c4nc(-c5ccccc5)nc(-c5cccc6oc7ccccc7c56)n4)c23)c([2H])c1[2H]. The van der Waals surface area contributed by atoms with Crippen molar-refractivity contribution in [1.29, 1.82) is 0 Å². The van der Waals surface area contributed by atoms with Gasteiger partial charge in [-0.05, 0) is 23.8 Å². The van der Waals surface area contributed by atoms with Gasteiger partial charge < -0.3 is 8.83 Å². The summed E-state index contributed by atoms with van der Waals surface area (Å²) in [6.45, 7) is 0. The summed E-state index contributed by atoms with van der Waals surface area (Å²) < 4.78 is 54.4. The monoisotopic (exact) mass is 570 g/mol. The summed E-state index contributed by atoms with van der Waals surface area (Å²) in [5, 5.41) is 3.29. The van der Waals surface area contributed by atoms with E-state index in [1.54, 1.807) is 12.1 Å². The molecule has 9 rings (SSSR count). The van der Waals surface area contributed by atoms with Gasteiger partial charge in [-0.2, -0.15) is 0 Å². The molecule has 0 fully saturated rings. The Morgan fingerprint density at radius 3 is 1.77 bits per heavy atom. The van der Waals surface area contributed by atoms with Gasteiger partial charge in [-0.3, -0.25) is 0 Å². The van der Waals surface area contributed by atoms with Gasteiger partial charge in [0, 0.05) is 43.8 Å². The highest BCUT2D eigenvalue weighted by Gasteiger charge is 2.21. The Bertz CT molecular complexity index is 2760. The van der Waals surface area contributed by atoms with Crippen LogP contribution in [0, 0.1) is 0 Å². The molecule has 9 aromatic rings. The van der Waals surface area contributed by atoms with Crippen LogP contribution < -0.4 is 0 Å². The molecule has 0 saturated carbocycles. The number of aromatic nitrogens is 3. The standard InChI is InChI=1S/C39H23N3O2/c1-3-12-24(13-4-1)26-17-9-18-28-35-30(20-11-23-33(35)44-36(26)28)39-41-37(25-14-5-2-6-15-25)40-38(42-39)29-19-10-22-32-34(29)27-16-7-8-21-31(27)43-32/h1-23H/i1D,3D,4D,12D,13D. The molecular weight excluding hydrogens is 542 g/mol. The summed E-state index contributed by atoms with van der Waals surface area (Å²) in [7, 11) is 0. The van der Waals surface area contributed by atoms with Gasteiger partial charge in [0.1, 0.15) is 22.3 Å². The van der Waals surface area contributed by atoms with E-state index in [0.717, 1.165) is 38.5 Å². The Balaban J connectivity index is 1.33. The summed E-state index contributed by atoms with van der Waals surface area (Å²) in [5.74, 6) is 1.40. The third kappa shape index (κ3) is 3.83. The summed E-state index contributed by atoms with van der Waals surface area (Å²) >= 11 is 0. The van der Waals surface area contributed by atoms with Crippen molar-refractivity contribution in [3.8, 4) is 45.3 Å². The molecule has 0 aliphatic carbocycles. The minimum atomic E-state index is -0.447. The number of fused-ring (bicyclic) bond motifs is 6. The van der Waals surface area contributed by atoms with Crippen molar-refractivity contribution in [2.45, 2.75) is 0 Å². The van der Waals surface area contributed by atoms with E-state index in [1.165, 1.54) is 0 Å². The highest BCUT2D eigenvalue weighted by Crippen LogP contribution is 2.41. The van der Waals surface area contributed by atoms with Gasteiger partial charge in [0.2, 0.25) is 0 Å². The molecule has 0 unspecified atom stereocenters. The smallest absolute Gasteiger partial charge is 0.164 e. The number of hydrogen-bond acceptors (Lipinski definition) is 5. The maximum atomic E-state index is 8.62. The van der Waals surface area contributed by atoms with E-state index < -0.39 is 18.1 Å². The lowest BCUT2D eigenvalue weighted by Crippen LogP contribution is -2.00. The zero-order chi connectivity index (χ0) is 33.4. The van der Waals surface area contributed by atoms with E-state index in [2.05, 4.69) is 0 Å². The summed E-state index contributed by atoms with van der Waals surface area (Å²) in [4.78, 5) is 15.1. The fourth-order valence-corrected chi connectivity index (χ4v) is 5.91. The lowest BCUT2D eigenvalue weighted by atomic mass is 10.0. The highest BCUT2D eigenvalue weighted by molar-refractivity contribution is 6.15. The lowest BCUT2D eigenvalue weighted by molar-refractivity contribution is 0.669. The van der Waals surface area contributed by atoms with Crippen LogP contribution in [0.3, 0.4) is 0 Å². The van der Waals surface area contributed by atoms with Crippen molar-refractivity contribution in [2.24, 2.45) is 0 Å². The van der Waals surface area contributed by atoms with Crippen molar-refractivity contribution in [3.63, 3.8) is 0 Å². The Morgan fingerprint density at radius 1 is 0.432 bits per heavy atom. The predicted molar refractivity (Wildman–Crippen MR) is 176 cm³/mol. The molecule has 6 aromatic carbocycles. The molecule has 0 saturated heterocycles. The van der Waals surface area contributed by atoms with E-state index >= 15 is 0 Å². The van der Waals surface area contributed by atoms with E-state index in [4.69, 9.17) is 30.6 Å². The van der Waals surface area contributed by atoms with Crippen LogP contribution in [-0.4, -0.2) is 15.0 Å². The average molecular weight is 571 g/mol. The molecule has 0 radical (unpaired) electrons. The number of rotatable bonds is 4. The van der Waals surface area contributed by atoms with Crippen LogP contribution in [0.1, 0.15) is 6.85 Å². The predicted octanol–water partition coefficient (Wildman–Crippen LogP) is 10.3. The molecule has 0 aliphatic heterocycles. The van der Waals surface area contributed by atoms with Gasteiger partial charge >= 0.3 is 0 Å². The molecule has 5 nitrogen and oxygen atoms in total. The molecule has 0 aliphatic rings. The minimum Gasteiger partial charge on any atom is -0.456 e. The fourth-order valence-electron chi connectivity index (χ4n) is 5.91. The fraction of sp³-hybridized carbons (Fsp3) is 0. The van der Waals surface area contributed by atoms with E-state index in [9.17, 15) is 0 Å². The van der Waals surface area contributed by atoms with E-state index in [1.807, 2.05) is 97.1 Å². The van der Waals surface area contributed by atoms with Crippen molar-refractivity contribution in [2.75, 3.05) is 0 Å². The molecule has 3 aromatic heterocycles. The number of nitrogens with zero attached hydrogens (tertiary/aromatic N) is 3. The molecule has 0 spiro atoms. The lowest BCUT2D eigenvalue weighted by Gasteiger charge is -2.10. The van der Waals surface area contributed by atoms with Crippen molar-refractivity contribution in [1.82, 2.24) is 15.0 Å². The van der Waals surface area contributed by atoms with Crippen LogP contribution in [0.4, 0.5) is 0 Å². The van der Waals surface area contributed by atoms with Gasteiger partial charge in [0.25, 0.3) is 0 Å². The largest absolute Gasteiger partial charge is 0.456 e. The molecule has 0 amide bonds. The second kappa shape index (κ2) is 9.75. The van der Waals surface area contributed by atoms with Gasteiger partial charge in [0.15, 0.2) is 17.5 Å². The van der Waals surface area contributed by atoms with Crippen LogP contribution in [0.15, 0.2) is 148 Å². The maximum absolute atomic E-state index is 8.62. The summed E-state index contributed by atoms with van der Waals surface area (Å²) in [6.07, 6.45) is 0. The molecule has 206 valence electrons. The van der Waals surface area contributed by atoms with E-state index in [0.29, 0.717) is 45.2 Å². The topological polar surface area (TPSA) is 65.0 Å². The van der Waals surface area contributed by atoms with Crippen LogP contribution in [0.25, 0.3) is 89.2 Å². The number of furan rings is 2. The second-order valence-electron chi connectivity index (χ2n) is 10.4. The third-order valence-electron chi connectivity index (χ3n) is 7.84. The third-order valence-corrected chi connectivity index (χ3v) is 7.84. The number of hydrogen-bond donors (Lipinski definition) is 0. The van der Waals surface area contributed by atoms with Crippen LogP contribution in [0.2, 0.25) is 0 Å². The zero-order valence-electron chi connectivity index (χ0n) is 28.1. The van der Waals surface area contributed by atoms with Crippen molar-refractivity contribution in [3.05, 3.63) is 139 Å². The Morgan fingerprint density at radius 2 is 1.00 bits per heavy atom. The first-order valence-electron chi connectivity index (χ1n) is 16.6. The van der Waals surface area contributed by atoms with Crippen LogP contribution >= 0.6 is 0 Å². The molecule has 5 heteroatoms. The summed E-state index contributed by atoms with van der Waals surface area (Å²) in [6, 6.07) is 32.6. The van der Waals surface area contributed by atoms with Crippen LogP contribution in [0.5, 0.6) is 0 Å². The number of benzene rings is 6. The zero-order valence-corrected chi connectivity index (χ0v) is 23.1. The first kappa shape index (κ1) is 19.9. The molecule has 0 atom stereocenters. The van der Waals surface area contributed by atoms with Gasteiger partial charge in [-0.25, -0.2) is 15.0 Å². The number of para-hydroxylation sites is 2. The summed E-state index contributed by atoms with van der Waals surface area (Å²) in [5.41, 5.74) is 5.23. The molecular formula is C39H23N3O2. The first-order valence-corrected chi connectivity index (χ1v) is 14.1. The Labute approximate surface area is 259 Å². The normalized spacial score (nSPS) is 13.2. The van der Waals surface area contributed by atoms with Gasteiger partial charge in [-0.1, -0.05) is 121 Å². The second-order valence-corrected chi connectivity index (χ2v) is 10.4. The van der Waals surface area contributed by atoms with Crippen LogP contribution in [-0.2, 0) is 0 Å². The van der Waals surface area contributed by atoms with Gasteiger partial charge in [0.05, 0.1) is 6.85 Å². The first-order chi connectivity index (χ1) is 23.9. The van der Waals surface area contributed by atoms with Crippen molar-refractivity contribution >= 4 is 43.9 Å². The van der Waals surface area contributed by atoms with Crippen molar-refractivity contribution < 1.29 is 15.7 Å². The average Bonchev–Trinajstić information content (AvgIpc) is 3.72. The van der Waals surface area contributed by atoms with Gasteiger partial charge in [-0.15, -0.1) is 0 Å². The quantitative estimate of drug-likeness (QED) is 0.211. The molecule has 44 heavy (non-hydrogen) atoms. The Kier molecular flexibility index (Phi) is 4.42. The molecule has 0 bridgehead atoms.